The second kappa shape index (κ2) is 4.28. The van der Waals surface area contributed by atoms with E-state index in [-0.39, 0.29) is 19.3 Å². The Bertz CT molecular complexity index is 457. The molecule has 2 aliphatic rings. The molecule has 2 heterocycles. The molecule has 0 aliphatic carbocycles. The first-order chi connectivity index (χ1) is 8.20. The van der Waals surface area contributed by atoms with Gasteiger partial charge in [0.2, 0.25) is 0 Å². The van der Waals surface area contributed by atoms with Gasteiger partial charge in [0, 0.05) is 16.5 Å². The summed E-state index contributed by atoms with van der Waals surface area (Å²) in [6, 6.07) is 3.91. The Labute approximate surface area is 109 Å². The molecular weight excluding hydrogens is 285 g/mol. The van der Waals surface area contributed by atoms with E-state index in [4.69, 9.17) is 19.8 Å². The van der Waals surface area contributed by atoms with Crippen LogP contribution in [0.15, 0.2) is 16.6 Å². The third-order valence-electron chi connectivity index (χ3n) is 3.08. The Balaban J connectivity index is 2.14. The molecule has 0 spiro atoms. The maximum Gasteiger partial charge on any atom is 0.498 e. The van der Waals surface area contributed by atoms with Crippen LogP contribution in [0.5, 0.6) is 5.75 Å². The summed E-state index contributed by atoms with van der Waals surface area (Å²) >= 11 is 3.54. The summed E-state index contributed by atoms with van der Waals surface area (Å²) in [5.41, 5.74) is 7.78. The predicted molar refractivity (Wildman–Crippen MR) is 68.5 cm³/mol. The van der Waals surface area contributed by atoms with E-state index in [0.717, 1.165) is 21.2 Å². The van der Waals surface area contributed by atoms with Gasteiger partial charge in [0.15, 0.2) is 0 Å². The Hall–Kier alpha value is -0.555. The molecule has 0 aromatic heterocycles. The molecule has 2 aliphatic heterocycles. The summed E-state index contributed by atoms with van der Waals surface area (Å²) in [4.78, 5) is 0. The number of nitrogens with two attached hydrogens (primary N) is 1. The van der Waals surface area contributed by atoms with Crippen molar-refractivity contribution in [3.63, 3.8) is 0 Å². The molecule has 0 radical (unpaired) electrons. The average Bonchev–Trinajstić information content (AvgIpc) is 2.60. The third kappa shape index (κ3) is 1.79. The van der Waals surface area contributed by atoms with Crippen LogP contribution >= 0.6 is 15.9 Å². The lowest BCUT2D eigenvalue weighted by Gasteiger charge is -2.15. The Morgan fingerprint density at radius 3 is 3.06 bits per heavy atom. The summed E-state index contributed by atoms with van der Waals surface area (Å²) in [6.45, 7) is 2.95. The van der Waals surface area contributed by atoms with E-state index in [2.05, 4.69) is 15.9 Å². The normalized spacial score (nSPS) is 26.4. The average molecular weight is 298 g/mol. The molecule has 2 N–H and O–H groups in total. The van der Waals surface area contributed by atoms with E-state index >= 15 is 0 Å². The maximum atomic E-state index is 5.84. The molecular formula is C11H13BBrNO3. The lowest BCUT2D eigenvalue weighted by atomic mass is 9.77. The smallest absolute Gasteiger partial charge is 0.491 e. The van der Waals surface area contributed by atoms with Gasteiger partial charge in [-0.3, -0.25) is 0 Å². The van der Waals surface area contributed by atoms with Crippen LogP contribution in [-0.4, -0.2) is 26.4 Å². The lowest BCUT2D eigenvalue weighted by Crippen LogP contribution is -2.34. The SMILES string of the molecule is CC1COc2ccc(Br)c3c2B(O1)O[C@@H]3CN. The van der Waals surface area contributed by atoms with Gasteiger partial charge in [-0.25, -0.2) is 0 Å². The largest absolute Gasteiger partial charge is 0.498 e. The monoisotopic (exact) mass is 297 g/mol. The fourth-order valence-electron chi connectivity index (χ4n) is 2.30. The van der Waals surface area contributed by atoms with Gasteiger partial charge in [-0.05, 0) is 24.6 Å². The quantitative estimate of drug-likeness (QED) is 0.785. The van der Waals surface area contributed by atoms with E-state index in [1.807, 2.05) is 19.1 Å². The fraction of sp³-hybridized carbons (Fsp3) is 0.455. The van der Waals surface area contributed by atoms with Gasteiger partial charge < -0.3 is 19.8 Å². The number of rotatable bonds is 1. The molecule has 0 amide bonds. The molecule has 3 rings (SSSR count). The number of benzene rings is 1. The third-order valence-corrected chi connectivity index (χ3v) is 3.77. The highest BCUT2D eigenvalue weighted by atomic mass is 79.9. The Morgan fingerprint density at radius 1 is 1.47 bits per heavy atom. The van der Waals surface area contributed by atoms with Crippen molar-refractivity contribution >= 4 is 28.5 Å². The standard InChI is InChI=1S/C11H13BBrNO3/c1-6-5-15-8-3-2-7(13)10-9(4-14)17-12(16-6)11(8)10/h2-3,6,9H,4-5,14H2,1H3/t6?,9-/m1/s1. The van der Waals surface area contributed by atoms with Crippen LogP contribution in [-0.2, 0) is 9.31 Å². The molecule has 1 aromatic carbocycles. The number of hydrogen-bond acceptors (Lipinski definition) is 4. The zero-order valence-electron chi connectivity index (χ0n) is 9.48. The van der Waals surface area contributed by atoms with Gasteiger partial charge in [0.05, 0.1) is 12.2 Å². The number of ether oxygens (including phenoxy) is 1. The highest BCUT2D eigenvalue weighted by Crippen LogP contribution is 2.35. The lowest BCUT2D eigenvalue weighted by molar-refractivity contribution is 0.101. The van der Waals surface area contributed by atoms with Gasteiger partial charge in [-0.2, -0.15) is 0 Å². The minimum absolute atomic E-state index is 0.00977. The number of halogens is 1. The second-order valence-electron chi connectivity index (χ2n) is 4.32. The van der Waals surface area contributed by atoms with Crippen molar-refractivity contribution in [2.24, 2.45) is 5.73 Å². The van der Waals surface area contributed by atoms with Crippen molar-refractivity contribution < 1.29 is 14.0 Å². The summed E-state index contributed by atoms with van der Waals surface area (Å²) in [7, 11) is -0.358. The molecule has 1 unspecified atom stereocenters. The minimum Gasteiger partial charge on any atom is -0.491 e. The highest BCUT2D eigenvalue weighted by molar-refractivity contribution is 9.10. The van der Waals surface area contributed by atoms with Crippen LogP contribution < -0.4 is 15.9 Å². The van der Waals surface area contributed by atoms with Gasteiger partial charge in [-0.15, -0.1) is 0 Å². The topological polar surface area (TPSA) is 53.7 Å². The van der Waals surface area contributed by atoms with Gasteiger partial charge in [-0.1, -0.05) is 15.9 Å². The first-order valence-electron chi connectivity index (χ1n) is 5.66. The van der Waals surface area contributed by atoms with Crippen molar-refractivity contribution in [3.8, 4) is 5.75 Å². The molecule has 0 saturated carbocycles. The van der Waals surface area contributed by atoms with Crippen LogP contribution in [0, 0.1) is 0 Å². The first kappa shape index (κ1) is 11.5. The molecule has 2 atom stereocenters. The zero-order valence-corrected chi connectivity index (χ0v) is 11.1. The zero-order chi connectivity index (χ0) is 12.0. The van der Waals surface area contributed by atoms with Gasteiger partial charge >= 0.3 is 7.12 Å². The molecule has 17 heavy (non-hydrogen) atoms. The second-order valence-corrected chi connectivity index (χ2v) is 5.18. The summed E-state index contributed by atoms with van der Waals surface area (Å²) in [5, 5.41) is 0. The minimum atomic E-state index is -0.358. The molecule has 1 aromatic rings. The maximum absolute atomic E-state index is 5.84. The summed E-state index contributed by atoms with van der Waals surface area (Å²) in [6.07, 6.45) is -0.117. The van der Waals surface area contributed by atoms with Crippen LogP contribution in [0.3, 0.4) is 0 Å². The van der Waals surface area contributed by atoms with Crippen LogP contribution in [0.4, 0.5) is 0 Å². The fourth-order valence-corrected chi connectivity index (χ4v) is 2.90. The van der Waals surface area contributed by atoms with Crippen molar-refractivity contribution in [3.05, 3.63) is 22.2 Å². The van der Waals surface area contributed by atoms with E-state index in [1.165, 1.54) is 0 Å². The molecule has 4 nitrogen and oxygen atoms in total. The van der Waals surface area contributed by atoms with Crippen LogP contribution in [0.25, 0.3) is 0 Å². The predicted octanol–water partition coefficient (Wildman–Crippen LogP) is 0.972. The van der Waals surface area contributed by atoms with Crippen LogP contribution in [0.2, 0.25) is 0 Å². The Morgan fingerprint density at radius 2 is 2.29 bits per heavy atom. The van der Waals surface area contributed by atoms with Gasteiger partial charge in [0.25, 0.3) is 0 Å². The van der Waals surface area contributed by atoms with Crippen molar-refractivity contribution in [2.45, 2.75) is 19.1 Å². The Kier molecular flexibility index (Phi) is 2.90. The van der Waals surface area contributed by atoms with Crippen molar-refractivity contribution in [1.82, 2.24) is 0 Å². The van der Waals surface area contributed by atoms with E-state index < -0.39 is 0 Å². The highest BCUT2D eigenvalue weighted by Gasteiger charge is 2.43. The number of hydrogen-bond donors (Lipinski definition) is 1. The molecule has 6 heteroatoms. The molecule has 90 valence electrons. The molecule has 0 bridgehead atoms. The summed E-state index contributed by atoms with van der Waals surface area (Å²) < 4.78 is 18.4. The molecule has 0 fully saturated rings. The van der Waals surface area contributed by atoms with Crippen molar-refractivity contribution in [2.75, 3.05) is 13.2 Å². The van der Waals surface area contributed by atoms with Crippen LogP contribution in [0.1, 0.15) is 18.6 Å². The molecule has 0 saturated heterocycles. The van der Waals surface area contributed by atoms with E-state index in [1.54, 1.807) is 0 Å². The summed E-state index contributed by atoms with van der Waals surface area (Å²) in [5.74, 6) is 0.841. The van der Waals surface area contributed by atoms with E-state index in [9.17, 15) is 0 Å². The van der Waals surface area contributed by atoms with Gasteiger partial charge in [0.1, 0.15) is 12.4 Å². The first-order valence-corrected chi connectivity index (χ1v) is 6.46. The van der Waals surface area contributed by atoms with E-state index in [0.29, 0.717) is 13.2 Å². The van der Waals surface area contributed by atoms with Crippen molar-refractivity contribution in [1.29, 1.82) is 0 Å².